The molecule has 3 rings (SSSR count). The molecule has 0 saturated carbocycles. The fraction of sp³-hybridized carbons (Fsp3) is 0.353. The fourth-order valence-electron chi connectivity index (χ4n) is 2.83. The van der Waals surface area contributed by atoms with Crippen molar-refractivity contribution in [1.82, 2.24) is 14.8 Å². The quantitative estimate of drug-likeness (QED) is 0.570. The third kappa shape index (κ3) is 4.11. The van der Waals surface area contributed by atoms with E-state index in [0.717, 1.165) is 16.5 Å². The van der Waals surface area contributed by atoms with Crippen LogP contribution in [0.1, 0.15) is 29.3 Å². The van der Waals surface area contributed by atoms with E-state index >= 15 is 0 Å². The van der Waals surface area contributed by atoms with Crippen molar-refractivity contribution in [2.75, 3.05) is 11.5 Å². The number of nitriles is 1. The second-order valence-electron chi connectivity index (χ2n) is 5.94. The molecule has 130 valence electrons. The van der Waals surface area contributed by atoms with Gasteiger partial charge in [0.25, 0.3) is 0 Å². The lowest BCUT2D eigenvalue weighted by Crippen LogP contribution is -2.11. The molecule has 25 heavy (non-hydrogen) atoms. The summed E-state index contributed by atoms with van der Waals surface area (Å²) in [5, 5.41) is 18.1. The molecule has 1 aromatic heterocycles. The predicted molar refractivity (Wildman–Crippen MR) is 96.9 cm³/mol. The first kappa shape index (κ1) is 17.7. The standard InChI is InChI=1S/C17H18N4O2S2/c1-2-8-21-16(15-7-9-25(22,23)12-15)19-20-17(21)24-11-14-5-3-13(10-18)4-6-14/h2-6,15H,1,7-9,11-12H2/t15-/m1/s1. The van der Waals surface area contributed by atoms with Crippen LogP contribution in [0.3, 0.4) is 0 Å². The van der Waals surface area contributed by atoms with Crippen LogP contribution in [0, 0.1) is 11.3 Å². The van der Waals surface area contributed by atoms with Crippen molar-refractivity contribution in [3.63, 3.8) is 0 Å². The second-order valence-corrected chi connectivity index (χ2v) is 9.11. The zero-order valence-corrected chi connectivity index (χ0v) is 15.3. The van der Waals surface area contributed by atoms with Crippen LogP contribution in [-0.4, -0.2) is 34.7 Å². The SMILES string of the molecule is C=CCn1c(SCc2ccc(C#N)cc2)nnc1[C@@H]1CCS(=O)(=O)C1. The van der Waals surface area contributed by atoms with Crippen molar-refractivity contribution in [2.24, 2.45) is 0 Å². The van der Waals surface area contributed by atoms with E-state index < -0.39 is 9.84 Å². The summed E-state index contributed by atoms with van der Waals surface area (Å²) in [4.78, 5) is 0. The lowest BCUT2D eigenvalue weighted by Gasteiger charge is -2.11. The Morgan fingerprint density at radius 3 is 2.72 bits per heavy atom. The summed E-state index contributed by atoms with van der Waals surface area (Å²) in [6.45, 7) is 4.33. The molecule has 1 saturated heterocycles. The Bertz CT molecular complexity index is 911. The van der Waals surface area contributed by atoms with Gasteiger partial charge in [0.15, 0.2) is 15.0 Å². The van der Waals surface area contributed by atoms with E-state index in [9.17, 15) is 8.42 Å². The molecule has 8 heteroatoms. The average Bonchev–Trinajstić information content (AvgIpc) is 3.16. The van der Waals surface area contributed by atoms with Crippen molar-refractivity contribution in [3.05, 3.63) is 53.9 Å². The van der Waals surface area contributed by atoms with Gasteiger partial charge in [-0.1, -0.05) is 30.0 Å². The molecule has 0 aliphatic carbocycles. The highest BCUT2D eigenvalue weighted by Crippen LogP contribution is 2.31. The first-order chi connectivity index (χ1) is 12.0. The van der Waals surface area contributed by atoms with Crippen LogP contribution in [0.2, 0.25) is 0 Å². The average molecular weight is 374 g/mol. The molecule has 1 fully saturated rings. The van der Waals surface area contributed by atoms with Gasteiger partial charge in [-0.25, -0.2) is 8.42 Å². The third-order valence-electron chi connectivity index (χ3n) is 4.11. The van der Waals surface area contributed by atoms with Crippen LogP contribution in [0.5, 0.6) is 0 Å². The Morgan fingerprint density at radius 2 is 2.12 bits per heavy atom. The normalized spacial score (nSPS) is 18.8. The van der Waals surface area contributed by atoms with Gasteiger partial charge in [0, 0.05) is 18.2 Å². The van der Waals surface area contributed by atoms with E-state index in [2.05, 4.69) is 22.8 Å². The zero-order valence-electron chi connectivity index (χ0n) is 13.6. The number of thioether (sulfide) groups is 1. The molecule has 1 aliphatic heterocycles. The third-order valence-corrected chi connectivity index (χ3v) is 6.91. The molecule has 0 unspecified atom stereocenters. The van der Waals surface area contributed by atoms with Gasteiger partial charge < -0.3 is 4.57 Å². The number of benzene rings is 1. The maximum atomic E-state index is 11.7. The monoisotopic (exact) mass is 374 g/mol. The highest BCUT2D eigenvalue weighted by atomic mass is 32.2. The molecule has 6 nitrogen and oxygen atoms in total. The number of hydrogen-bond acceptors (Lipinski definition) is 6. The van der Waals surface area contributed by atoms with Gasteiger partial charge in [-0.3, -0.25) is 0 Å². The Hall–Kier alpha value is -2.11. The summed E-state index contributed by atoms with van der Waals surface area (Å²) in [5.41, 5.74) is 1.72. The minimum absolute atomic E-state index is 0.0956. The van der Waals surface area contributed by atoms with Crippen molar-refractivity contribution in [2.45, 2.75) is 29.8 Å². The van der Waals surface area contributed by atoms with E-state index in [1.165, 1.54) is 0 Å². The zero-order chi connectivity index (χ0) is 17.9. The lowest BCUT2D eigenvalue weighted by molar-refractivity contribution is 0.597. The second kappa shape index (κ2) is 7.42. The molecule has 0 N–H and O–H groups in total. The summed E-state index contributed by atoms with van der Waals surface area (Å²) >= 11 is 1.54. The van der Waals surface area contributed by atoms with Crippen LogP contribution in [0.4, 0.5) is 0 Å². The van der Waals surface area contributed by atoms with Gasteiger partial charge in [-0.05, 0) is 24.1 Å². The first-order valence-electron chi connectivity index (χ1n) is 7.88. The lowest BCUT2D eigenvalue weighted by atomic mass is 10.1. The molecule has 0 radical (unpaired) electrons. The molecule has 1 atom stereocenters. The topological polar surface area (TPSA) is 88.6 Å². The minimum Gasteiger partial charge on any atom is -0.302 e. The maximum absolute atomic E-state index is 11.7. The molecule has 0 amide bonds. The summed E-state index contributed by atoms with van der Waals surface area (Å²) in [6.07, 6.45) is 2.36. The molecule has 2 heterocycles. The Morgan fingerprint density at radius 1 is 1.36 bits per heavy atom. The number of sulfone groups is 1. The van der Waals surface area contributed by atoms with Crippen molar-refractivity contribution in [3.8, 4) is 6.07 Å². The number of hydrogen-bond donors (Lipinski definition) is 0. The molecule has 1 aromatic carbocycles. The Balaban J connectivity index is 1.77. The van der Waals surface area contributed by atoms with E-state index in [1.54, 1.807) is 30.0 Å². The van der Waals surface area contributed by atoms with E-state index in [4.69, 9.17) is 5.26 Å². The van der Waals surface area contributed by atoms with E-state index in [1.807, 2.05) is 16.7 Å². The van der Waals surface area contributed by atoms with E-state index in [0.29, 0.717) is 24.3 Å². The number of nitrogens with zero attached hydrogens (tertiary/aromatic N) is 4. The molecule has 0 bridgehead atoms. The summed E-state index contributed by atoms with van der Waals surface area (Å²) < 4.78 is 25.4. The van der Waals surface area contributed by atoms with Gasteiger partial charge >= 0.3 is 0 Å². The molecular weight excluding hydrogens is 356 g/mol. The fourth-order valence-corrected chi connectivity index (χ4v) is 5.48. The van der Waals surface area contributed by atoms with Gasteiger partial charge in [0.05, 0.1) is 23.1 Å². The number of rotatable bonds is 6. The van der Waals surface area contributed by atoms with Crippen LogP contribution >= 0.6 is 11.8 Å². The first-order valence-corrected chi connectivity index (χ1v) is 10.7. The molecule has 2 aromatic rings. The van der Waals surface area contributed by atoms with Gasteiger partial charge in [-0.15, -0.1) is 16.8 Å². The van der Waals surface area contributed by atoms with Gasteiger partial charge in [0.1, 0.15) is 5.82 Å². The smallest absolute Gasteiger partial charge is 0.191 e. The maximum Gasteiger partial charge on any atom is 0.191 e. The molecule has 1 aliphatic rings. The highest BCUT2D eigenvalue weighted by molar-refractivity contribution is 7.98. The van der Waals surface area contributed by atoms with Crippen LogP contribution < -0.4 is 0 Å². The highest BCUT2D eigenvalue weighted by Gasteiger charge is 2.33. The van der Waals surface area contributed by atoms with Crippen molar-refractivity contribution < 1.29 is 8.42 Å². The summed E-state index contributed by atoms with van der Waals surface area (Å²) in [5.74, 6) is 1.68. The van der Waals surface area contributed by atoms with Gasteiger partial charge in [-0.2, -0.15) is 5.26 Å². The van der Waals surface area contributed by atoms with Crippen LogP contribution in [0.25, 0.3) is 0 Å². The minimum atomic E-state index is -2.97. The Labute approximate surface area is 151 Å². The number of allylic oxidation sites excluding steroid dienone is 1. The molecule has 0 spiro atoms. The summed E-state index contributed by atoms with van der Waals surface area (Å²) in [6, 6.07) is 9.52. The Kier molecular flexibility index (Phi) is 5.25. The van der Waals surface area contributed by atoms with Crippen molar-refractivity contribution in [1.29, 1.82) is 5.26 Å². The summed E-state index contributed by atoms with van der Waals surface area (Å²) in [7, 11) is -2.97. The van der Waals surface area contributed by atoms with Gasteiger partial charge in [0.2, 0.25) is 0 Å². The van der Waals surface area contributed by atoms with Crippen LogP contribution in [-0.2, 0) is 22.1 Å². The molecular formula is C17H18N4O2S2. The van der Waals surface area contributed by atoms with Crippen molar-refractivity contribution >= 4 is 21.6 Å². The number of aromatic nitrogens is 3. The van der Waals surface area contributed by atoms with Crippen LogP contribution in [0.15, 0.2) is 42.1 Å². The predicted octanol–water partition coefficient (Wildman–Crippen LogP) is 2.53. The van der Waals surface area contributed by atoms with E-state index in [-0.39, 0.29) is 17.4 Å². The largest absolute Gasteiger partial charge is 0.302 e.